The number of hydrogen-bond acceptors (Lipinski definition) is 7. The van der Waals surface area contributed by atoms with Crippen LogP contribution in [0.4, 0.5) is 5.69 Å². The molecule has 0 aliphatic carbocycles. The number of fused-ring (bicyclic) bond motifs is 1. The fourth-order valence-electron chi connectivity index (χ4n) is 3.47. The molecular formula is C19H20N4O4S2. The molecule has 152 valence electrons. The van der Waals surface area contributed by atoms with E-state index in [1.54, 1.807) is 30.3 Å². The highest BCUT2D eigenvalue weighted by atomic mass is 32.2. The lowest BCUT2D eigenvalue weighted by Crippen LogP contribution is -2.43. The topological polar surface area (TPSA) is 101 Å². The van der Waals surface area contributed by atoms with Gasteiger partial charge in [0.05, 0.1) is 24.0 Å². The highest BCUT2D eigenvalue weighted by Crippen LogP contribution is 2.31. The Morgan fingerprint density at radius 3 is 2.90 bits per heavy atom. The van der Waals surface area contributed by atoms with Crippen molar-refractivity contribution in [1.82, 2.24) is 13.1 Å². The second kappa shape index (κ2) is 8.05. The van der Waals surface area contributed by atoms with Crippen LogP contribution >= 0.6 is 11.7 Å². The molecule has 1 fully saturated rings. The Kier molecular flexibility index (Phi) is 5.48. The van der Waals surface area contributed by atoms with E-state index in [1.165, 1.54) is 10.4 Å². The number of nitrogens with zero attached hydrogens (tertiary/aromatic N) is 3. The van der Waals surface area contributed by atoms with E-state index in [1.807, 2.05) is 13.0 Å². The maximum atomic E-state index is 13.3. The van der Waals surface area contributed by atoms with Gasteiger partial charge in [0, 0.05) is 6.54 Å². The summed E-state index contributed by atoms with van der Waals surface area (Å²) in [6, 6.07) is 11.2. The second-order valence-electron chi connectivity index (χ2n) is 6.58. The lowest BCUT2D eigenvalue weighted by molar-refractivity contribution is -0.119. The molecule has 4 rings (SSSR count). The van der Waals surface area contributed by atoms with Gasteiger partial charge in [-0.3, -0.25) is 4.79 Å². The van der Waals surface area contributed by atoms with Crippen molar-refractivity contribution in [3.63, 3.8) is 0 Å². The number of carbonyl (C=O) groups excluding carboxylic acids is 1. The number of anilines is 1. The molecule has 0 radical (unpaired) electrons. The summed E-state index contributed by atoms with van der Waals surface area (Å²) >= 11 is 0.965. The van der Waals surface area contributed by atoms with Crippen LogP contribution < -0.4 is 10.1 Å². The number of sulfonamides is 1. The number of carbonyl (C=O) groups is 1. The molecule has 1 amide bonds. The number of hydrogen-bond donors (Lipinski definition) is 1. The third-order valence-electron chi connectivity index (χ3n) is 4.79. The summed E-state index contributed by atoms with van der Waals surface area (Å²) in [5.41, 5.74) is 1.39. The van der Waals surface area contributed by atoms with Crippen LogP contribution in [0.15, 0.2) is 47.4 Å². The van der Waals surface area contributed by atoms with Crippen LogP contribution in [0.1, 0.15) is 19.8 Å². The highest BCUT2D eigenvalue weighted by molar-refractivity contribution is 7.89. The number of ether oxygens (including phenoxy) is 1. The van der Waals surface area contributed by atoms with Crippen LogP contribution in [0.3, 0.4) is 0 Å². The molecule has 10 heteroatoms. The number of benzene rings is 2. The predicted molar refractivity (Wildman–Crippen MR) is 111 cm³/mol. The van der Waals surface area contributed by atoms with Crippen molar-refractivity contribution >= 4 is 44.4 Å². The number of amides is 1. The van der Waals surface area contributed by atoms with Crippen molar-refractivity contribution < 1.29 is 17.9 Å². The minimum absolute atomic E-state index is 0.0816. The van der Waals surface area contributed by atoms with Crippen molar-refractivity contribution in [2.24, 2.45) is 0 Å². The van der Waals surface area contributed by atoms with Gasteiger partial charge in [-0.2, -0.15) is 13.1 Å². The Balaban J connectivity index is 1.62. The zero-order chi connectivity index (χ0) is 20.4. The second-order valence-corrected chi connectivity index (χ2v) is 8.97. The molecule has 0 saturated carbocycles. The fourth-order valence-corrected chi connectivity index (χ4v) is 5.88. The summed E-state index contributed by atoms with van der Waals surface area (Å²) in [5, 5.41) is 2.83. The molecule has 2 heterocycles. The van der Waals surface area contributed by atoms with Crippen molar-refractivity contribution in [1.29, 1.82) is 0 Å². The SMILES string of the molecule is CCOc1ccccc1NC(=O)[C@@H]1CCCN1S(=O)(=O)c1cccc2nsnc12. The van der Waals surface area contributed by atoms with Gasteiger partial charge in [0.25, 0.3) is 0 Å². The Labute approximate surface area is 172 Å². The standard InChI is InChI=1S/C19H20N4O4S2/c1-2-27-16-10-4-3-7-13(16)20-19(24)15-9-6-12-23(15)29(25,26)17-11-5-8-14-18(17)22-28-21-14/h3-5,7-8,10-11,15H,2,6,9,12H2,1H3,(H,20,24)/t15-/m0/s1. The van der Waals surface area contributed by atoms with Crippen LogP contribution in [0.25, 0.3) is 11.0 Å². The van der Waals surface area contributed by atoms with Gasteiger partial charge in [-0.25, -0.2) is 8.42 Å². The molecule has 29 heavy (non-hydrogen) atoms. The summed E-state index contributed by atoms with van der Waals surface area (Å²) < 4.78 is 41.7. The quantitative estimate of drug-likeness (QED) is 0.643. The Bertz CT molecular complexity index is 1150. The first-order chi connectivity index (χ1) is 14.0. The van der Waals surface area contributed by atoms with Gasteiger partial charge in [0.2, 0.25) is 15.9 Å². The molecule has 1 aliphatic heterocycles. The monoisotopic (exact) mass is 432 g/mol. The molecular weight excluding hydrogens is 412 g/mol. The first kappa shape index (κ1) is 19.7. The molecule has 2 aromatic carbocycles. The lowest BCUT2D eigenvalue weighted by atomic mass is 10.2. The van der Waals surface area contributed by atoms with E-state index in [0.717, 1.165) is 11.7 Å². The molecule has 0 spiro atoms. The minimum Gasteiger partial charge on any atom is -0.492 e. The molecule has 0 bridgehead atoms. The molecule has 8 nitrogen and oxygen atoms in total. The number of aromatic nitrogens is 2. The Morgan fingerprint density at radius 2 is 2.07 bits per heavy atom. The molecule has 1 aliphatic rings. The van der Waals surface area contributed by atoms with Crippen LogP contribution in [0, 0.1) is 0 Å². The van der Waals surface area contributed by atoms with Gasteiger partial charge in [-0.1, -0.05) is 18.2 Å². The first-order valence-corrected chi connectivity index (χ1v) is 11.4. The van der Waals surface area contributed by atoms with Crippen molar-refractivity contribution in [3.05, 3.63) is 42.5 Å². The zero-order valence-corrected chi connectivity index (χ0v) is 17.4. The largest absolute Gasteiger partial charge is 0.492 e. The minimum atomic E-state index is -3.90. The zero-order valence-electron chi connectivity index (χ0n) is 15.7. The fraction of sp³-hybridized carbons (Fsp3) is 0.316. The van der Waals surface area contributed by atoms with E-state index in [2.05, 4.69) is 14.1 Å². The summed E-state index contributed by atoms with van der Waals surface area (Å²) in [6.45, 7) is 2.60. The molecule has 1 aromatic heterocycles. The van der Waals surface area contributed by atoms with Gasteiger partial charge in [0.1, 0.15) is 27.7 Å². The smallest absolute Gasteiger partial charge is 0.246 e. The highest BCUT2D eigenvalue weighted by Gasteiger charge is 2.40. The predicted octanol–water partition coefficient (Wildman–Crippen LogP) is 2.88. The van der Waals surface area contributed by atoms with E-state index < -0.39 is 16.1 Å². The molecule has 1 N–H and O–H groups in total. The van der Waals surface area contributed by atoms with Gasteiger partial charge in [-0.05, 0) is 44.0 Å². The van der Waals surface area contributed by atoms with Crippen molar-refractivity contribution in [2.45, 2.75) is 30.7 Å². The Morgan fingerprint density at radius 1 is 1.24 bits per heavy atom. The van der Waals surface area contributed by atoms with Gasteiger partial charge < -0.3 is 10.1 Å². The maximum absolute atomic E-state index is 13.3. The summed E-state index contributed by atoms with van der Waals surface area (Å²) in [7, 11) is -3.90. The summed E-state index contributed by atoms with van der Waals surface area (Å²) in [4.78, 5) is 13.1. The van der Waals surface area contributed by atoms with Crippen molar-refractivity contribution in [3.8, 4) is 5.75 Å². The van der Waals surface area contributed by atoms with Gasteiger partial charge in [0.15, 0.2) is 0 Å². The Hall–Kier alpha value is -2.56. The lowest BCUT2D eigenvalue weighted by Gasteiger charge is -2.24. The normalized spacial score (nSPS) is 17.5. The summed E-state index contributed by atoms with van der Waals surface area (Å²) in [6.07, 6.45) is 1.06. The molecule has 0 unspecified atom stereocenters. The number of para-hydroxylation sites is 2. The van der Waals surface area contributed by atoms with Crippen LogP contribution in [0.5, 0.6) is 5.75 Å². The first-order valence-electron chi connectivity index (χ1n) is 9.28. The van der Waals surface area contributed by atoms with Gasteiger partial charge in [-0.15, -0.1) is 0 Å². The van der Waals surface area contributed by atoms with E-state index in [9.17, 15) is 13.2 Å². The maximum Gasteiger partial charge on any atom is 0.246 e. The van der Waals surface area contributed by atoms with Crippen LogP contribution in [0.2, 0.25) is 0 Å². The van der Waals surface area contributed by atoms with Gasteiger partial charge >= 0.3 is 0 Å². The average molecular weight is 433 g/mol. The van der Waals surface area contributed by atoms with E-state index in [-0.39, 0.29) is 17.3 Å². The average Bonchev–Trinajstić information content (AvgIpc) is 3.39. The number of nitrogens with one attached hydrogen (secondary N) is 1. The third kappa shape index (κ3) is 3.70. The van der Waals surface area contributed by atoms with Crippen LogP contribution in [-0.4, -0.2) is 46.6 Å². The number of rotatable bonds is 6. The third-order valence-corrected chi connectivity index (χ3v) is 7.27. The molecule has 1 saturated heterocycles. The molecule has 3 aromatic rings. The van der Waals surface area contributed by atoms with E-state index in [4.69, 9.17) is 4.74 Å². The van der Waals surface area contributed by atoms with Crippen molar-refractivity contribution in [2.75, 3.05) is 18.5 Å². The van der Waals surface area contributed by atoms with Crippen LogP contribution in [-0.2, 0) is 14.8 Å². The van der Waals surface area contributed by atoms with E-state index >= 15 is 0 Å². The van der Waals surface area contributed by atoms with E-state index in [0.29, 0.717) is 41.9 Å². The molecule has 1 atom stereocenters. The summed E-state index contributed by atoms with van der Waals surface area (Å²) in [5.74, 6) is 0.177.